The van der Waals surface area contributed by atoms with E-state index in [2.05, 4.69) is 6.07 Å². The Hall–Kier alpha value is -1.55. The average molecular weight is 262 g/mol. The van der Waals surface area contributed by atoms with Crippen LogP contribution in [-0.2, 0) is 11.2 Å². The molecule has 1 aromatic rings. The zero-order chi connectivity index (χ0) is 14.0. The van der Waals surface area contributed by atoms with Gasteiger partial charge in [-0.1, -0.05) is 12.1 Å². The molecule has 0 unspecified atom stereocenters. The molecule has 0 bridgehead atoms. The van der Waals surface area contributed by atoms with Gasteiger partial charge in [0.25, 0.3) is 0 Å². The van der Waals surface area contributed by atoms with Crippen LogP contribution in [0.2, 0.25) is 0 Å². The van der Waals surface area contributed by atoms with Gasteiger partial charge in [0.15, 0.2) is 0 Å². The van der Waals surface area contributed by atoms with Gasteiger partial charge in [-0.25, -0.2) is 0 Å². The second kappa shape index (κ2) is 5.21. The van der Waals surface area contributed by atoms with Gasteiger partial charge in [-0.15, -0.1) is 0 Å². The van der Waals surface area contributed by atoms with E-state index in [0.717, 1.165) is 30.6 Å². The first-order chi connectivity index (χ1) is 8.96. The SMILES string of the molecule is COc1ccc(CCN(C)C(=O)C2(N)CC2)cc1C. The smallest absolute Gasteiger partial charge is 0.242 e. The Labute approximate surface area is 114 Å². The highest BCUT2D eigenvalue weighted by Crippen LogP contribution is 2.33. The number of carbonyl (C=O) groups is 1. The van der Waals surface area contributed by atoms with E-state index in [0.29, 0.717) is 6.54 Å². The maximum Gasteiger partial charge on any atom is 0.242 e. The number of nitrogens with zero attached hydrogens (tertiary/aromatic N) is 1. The summed E-state index contributed by atoms with van der Waals surface area (Å²) < 4.78 is 5.24. The molecule has 1 saturated carbocycles. The van der Waals surface area contributed by atoms with Gasteiger partial charge in [0, 0.05) is 13.6 Å². The number of carbonyl (C=O) groups excluding carboxylic acids is 1. The minimum Gasteiger partial charge on any atom is -0.496 e. The van der Waals surface area contributed by atoms with Crippen LogP contribution in [0.5, 0.6) is 5.75 Å². The number of rotatable bonds is 5. The fourth-order valence-electron chi connectivity index (χ4n) is 2.22. The van der Waals surface area contributed by atoms with Crippen LogP contribution >= 0.6 is 0 Å². The van der Waals surface area contributed by atoms with Crippen molar-refractivity contribution in [1.82, 2.24) is 4.90 Å². The summed E-state index contributed by atoms with van der Waals surface area (Å²) >= 11 is 0. The van der Waals surface area contributed by atoms with Crippen LogP contribution in [0.4, 0.5) is 0 Å². The van der Waals surface area contributed by atoms with Gasteiger partial charge in [-0.05, 0) is 43.4 Å². The van der Waals surface area contributed by atoms with E-state index in [9.17, 15) is 4.79 Å². The summed E-state index contributed by atoms with van der Waals surface area (Å²) in [7, 11) is 3.50. The first-order valence-electron chi connectivity index (χ1n) is 6.64. The molecule has 0 radical (unpaired) electrons. The van der Waals surface area contributed by atoms with Crippen molar-refractivity contribution in [3.63, 3.8) is 0 Å². The van der Waals surface area contributed by atoms with Crippen molar-refractivity contribution in [2.75, 3.05) is 20.7 Å². The Morgan fingerprint density at radius 1 is 1.47 bits per heavy atom. The van der Waals surface area contributed by atoms with E-state index in [1.165, 1.54) is 5.56 Å². The summed E-state index contributed by atoms with van der Waals surface area (Å²) in [5.41, 5.74) is 7.67. The summed E-state index contributed by atoms with van der Waals surface area (Å²) in [4.78, 5) is 13.7. The van der Waals surface area contributed by atoms with E-state index >= 15 is 0 Å². The zero-order valence-electron chi connectivity index (χ0n) is 11.9. The van der Waals surface area contributed by atoms with Crippen molar-refractivity contribution in [3.8, 4) is 5.75 Å². The summed E-state index contributed by atoms with van der Waals surface area (Å²) in [6.07, 6.45) is 2.47. The number of likely N-dealkylation sites (N-methyl/N-ethyl adjacent to an activating group) is 1. The van der Waals surface area contributed by atoms with E-state index < -0.39 is 5.54 Å². The molecule has 0 heterocycles. The quantitative estimate of drug-likeness (QED) is 0.875. The lowest BCUT2D eigenvalue weighted by Gasteiger charge is -2.21. The van der Waals surface area contributed by atoms with E-state index in [1.807, 2.05) is 26.1 Å². The maximum absolute atomic E-state index is 12.0. The third-order valence-electron chi connectivity index (χ3n) is 3.76. The van der Waals surface area contributed by atoms with Crippen molar-refractivity contribution in [2.45, 2.75) is 31.7 Å². The molecule has 1 aromatic carbocycles. The summed E-state index contributed by atoms with van der Waals surface area (Å²) in [5.74, 6) is 0.963. The van der Waals surface area contributed by atoms with Gasteiger partial charge in [-0.2, -0.15) is 0 Å². The molecule has 19 heavy (non-hydrogen) atoms. The molecular formula is C15H22N2O2. The molecule has 0 saturated heterocycles. The number of hydrogen-bond donors (Lipinski definition) is 1. The standard InChI is InChI=1S/C15H22N2O2/c1-11-10-12(4-5-13(11)19-3)6-9-17(2)14(18)15(16)7-8-15/h4-5,10H,6-9,16H2,1-3H3. The maximum atomic E-state index is 12.0. The Balaban J connectivity index is 1.91. The predicted molar refractivity (Wildman–Crippen MR) is 75.2 cm³/mol. The minimum absolute atomic E-state index is 0.0673. The number of benzene rings is 1. The molecule has 2 rings (SSSR count). The summed E-state index contributed by atoms with van der Waals surface area (Å²) in [6.45, 7) is 2.72. The van der Waals surface area contributed by atoms with E-state index in [1.54, 1.807) is 12.0 Å². The monoisotopic (exact) mass is 262 g/mol. The van der Waals surface area contributed by atoms with Gasteiger partial charge in [-0.3, -0.25) is 4.79 Å². The highest BCUT2D eigenvalue weighted by molar-refractivity contribution is 5.88. The third kappa shape index (κ3) is 3.07. The fourth-order valence-corrected chi connectivity index (χ4v) is 2.22. The molecule has 4 nitrogen and oxygen atoms in total. The van der Waals surface area contributed by atoms with Crippen molar-refractivity contribution in [2.24, 2.45) is 5.73 Å². The summed E-state index contributed by atoms with van der Waals surface area (Å²) in [5, 5.41) is 0. The number of ether oxygens (including phenoxy) is 1. The number of aryl methyl sites for hydroxylation is 1. The predicted octanol–water partition coefficient (Wildman–Crippen LogP) is 1.50. The lowest BCUT2D eigenvalue weighted by molar-refractivity contribution is -0.132. The van der Waals surface area contributed by atoms with E-state index in [4.69, 9.17) is 10.5 Å². The highest BCUT2D eigenvalue weighted by atomic mass is 16.5. The van der Waals surface area contributed by atoms with Gasteiger partial charge in [0.2, 0.25) is 5.91 Å². The highest BCUT2D eigenvalue weighted by Gasteiger charge is 2.47. The molecule has 0 spiro atoms. The van der Waals surface area contributed by atoms with Crippen LogP contribution < -0.4 is 10.5 Å². The normalized spacial score (nSPS) is 16.0. The second-order valence-electron chi connectivity index (χ2n) is 5.44. The lowest BCUT2D eigenvalue weighted by atomic mass is 10.1. The van der Waals surface area contributed by atoms with Crippen molar-refractivity contribution >= 4 is 5.91 Å². The zero-order valence-corrected chi connectivity index (χ0v) is 11.9. The molecular weight excluding hydrogens is 240 g/mol. The van der Waals surface area contributed by atoms with Gasteiger partial charge in [0.05, 0.1) is 12.6 Å². The van der Waals surface area contributed by atoms with Crippen LogP contribution in [0.25, 0.3) is 0 Å². The third-order valence-corrected chi connectivity index (χ3v) is 3.76. The van der Waals surface area contributed by atoms with Crippen LogP contribution in [-0.4, -0.2) is 37.0 Å². The molecule has 0 aliphatic heterocycles. The topological polar surface area (TPSA) is 55.6 Å². The molecule has 0 atom stereocenters. The van der Waals surface area contributed by atoms with Gasteiger partial charge in [0.1, 0.15) is 5.75 Å². The molecule has 2 N–H and O–H groups in total. The number of nitrogens with two attached hydrogens (primary N) is 1. The van der Waals surface area contributed by atoms with Crippen molar-refractivity contribution in [1.29, 1.82) is 0 Å². The average Bonchev–Trinajstić information content (AvgIpc) is 3.14. The lowest BCUT2D eigenvalue weighted by Crippen LogP contribution is -2.44. The van der Waals surface area contributed by atoms with Gasteiger partial charge < -0.3 is 15.4 Å². The first kappa shape index (κ1) is 13.9. The van der Waals surface area contributed by atoms with Crippen LogP contribution in [0.15, 0.2) is 18.2 Å². The number of amides is 1. The van der Waals surface area contributed by atoms with E-state index in [-0.39, 0.29) is 5.91 Å². The van der Waals surface area contributed by atoms with Crippen molar-refractivity contribution < 1.29 is 9.53 Å². The summed E-state index contributed by atoms with van der Waals surface area (Å²) in [6, 6.07) is 6.11. The molecule has 104 valence electrons. The molecule has 1 aliphatic carbocycles. The number of methoxy groups -OCH3 is 1. The Bertz CT molecular complexity index is 481. The molecule has 0 aromatic heterocycles. The van der Waals surface area contributed by atoms with Crippen LogP contribution in [0, 0.1) is 6.92 Å². The minimum atomic E-state index is -0.565. The largest absolute Gasteiger partial charge is 0.496 e. The number of hydrogen-bond acceptors (Lipinski definition) is 3. The fraction of sp³-hybridized carbons (Fsp3) is 0.533. The van der Waals surface area contributed by atoms with Crippen LogP contribution in [0.1, 0.15) is 24.0 Å². The first-order valence-corrected chi connectivity index (χ1v) is 6.64. The Morgan fingerprint density at radius 3 is 2.68 bits per heavy atom. The second-order valence-corrected chi connectivity index (χ2v) is 5.44. The van der Waals surface area contributed by atoms with Gasteiger partial charge >= 0.3 is 0 Å². The van der Waals surface area contributed by atoms with Crippen LogP contribution in [0.3, 0.4) is 0 Å². The Kier molecular flexibility index (Phi) is 3.80. The molecule has 4 heteroatoms. The molecule has 1 aliphatic rings. The van der Waals surface area contributed by atoms with Crippen molar-refractivity contribution in [3.05, 3.63) is 29.3 Å². The molecule has 1 amide bonds. The molecule has 1 fully saturated rings. The Morgan fingerprint density at radius 2 is 2.16 bits per heavy atom.